The second-order valence-electron chi connectivity index (χ2n) is 6.57. The summed E-state index contributed by atoms with van der Waals surface area (Å²) in [5.41, 5.74) is 8.95. The van der Waals surface area contributed by atoms with Gasteiger partial charge in [0, 0.05) is 18.2 Å². The second-order valence-corrected chi connectivity index (χ2v) is 6.57. The molecule has 2 rings (SSSR count). The molecule has 0 aliphatic heterocycles. The van der Waals surface area contributed by atoms with Crippen LogP contribution in [0.2, 0.25) is 0 Å². The van der Waals surface area contributed by atoms with Gasteiger partial charge in [-0.3, -0.25) is 0 Å². The number of hydrogen-bond acceptors (Lipinski definition) is 2. The van der Waals surface area contributed by atoms with E-state index in [4.69, 9.17) is 10.7 Å². The van der Waals surface area contributed by atoms with Gasteiger partial charge in [0.15, 0.2) is 0 Å². The highest BCUT2D eigenvalue weighted by molar-refractivity contribution is 5.79. The Morgan fingerprint density at radius 3 is 2.62 bits per heavy atom. The Kier molecular flexibility index (Phi) is 5.27. The number of rotatable bonds is 7. The van der Waals surface area contributed by atoms with Crippen molar-refractivity contribution in [2.24, 2.45) is 5.92 Å². The van der Waals surface area contributed by atoms with Gasteiger partial charge in [0.1, 0.15) is 5.82 Å². The van der Waals surface area contributed by atoms with Crippen molar-refractivity contribution < 1.29 is 0 Å². The molecule has 0 aliphatic carbocycles. The Balaban J connectivity index is 2.28. The van der Waals surface area contributed by atoms with E-state index < -0.39 is 0 Å². The summed E-state index contributed by atoms with van der Waals surface area (Å²) >= 11 is 0. The van der Waals surface area contributed by atoms with Gasteiger partial charge in [-0.15, -0.1) is 0 Å². The maximum atomic E-state index is 5.90. The zero-order chi connectivity index (χ0) is 15.4. The Labute approximate surface area is 128 Å². The molecule has 3 nitrogen and oxygen atoms in total. The number of imidazole rings is 1. The topological polar surface area (TPSA) is 43.8 Å². The van der Waals surface area contributed by atoms with Crippen LogP contribution in [0.1, 0.15) is 65.2 Å². The Morgan fingerprint density at radius 2 is 1.95 bits per heavy atom. The highest BCUT2D eigenvalue weighted by Gasteiger charge is 2.15. The molecule has 0 fully saturated rings. The zero-order valence-electron chi connectivity index (χ0n) is 13.9. The van der Waals surface area contributed by atoms with E-state index in [2.05, 4.69) is 38.3 Å². The lowest BCUT2D eigenvalue weighted by molar-refractivity contribution is 0.444. The minimum atomic E-state index is 0.499. The van der Waals surface area contributed by atoms with Crippen LogP contribution in [0.15, 0.2) is 18.2 Å². The molecule has 1 atom stereocenters. The van der Waals surface area contributed by atoms with Crippen LogP contribution in [0, 0.1) is 5.92 Å². The SMILES string of the molecule is CCCc1nc2cc(N)ccc2n1C(C)CCCC(C)C. The molecule has 0 spiro atoms. The maximum Gasteiger partial charge on any atom is 0.110 e. The third-order valence-corrected chi connectivity index (χ3v) is 4.10. The fourth-order valence-electron chi connectivity index (χ4n) is 3.01. The molecule has 0 amide bonds. The molecule has 1 aromatic carbocycles. The first kappa shape index (κ1) is 15.9. The Bertz CT molecular complexity index is 583. The molecular formula is C18H29N3. The largest absolute Gasteiger partial charge is 0.399 e. The summed E-state index contributed by atoms with van der Waals surface area (Å²) < 4.78 is 2.43. The van der Waals surface area contributed by atoms with Crippen molar-refractivity contribution in [2.45, 2.75) is 65.8 Å². The van der Waals surface area contributed by atoms with Gasteiger partial charge in [-0.1, -0.05) is 33.6 Å². The van der Waals surface area contributed by atoms with Gasteiger partial charge < -0.3 is 10.3 Å². The molecule has 2 aromatic rings. The molecule has 3 heteroatoms. The van der Waals surface area contributed by atoms with Gasteiger partial charge in [-0.2, -0.15) is 0 Å². The molecule has 2 N–H and O–H groups in total. The van der Waals surface area contributed by atoms with Crippen molar-refractivity contribution in [3.8, 4) is 0 Å². The minimum Gasteiger partial charge on any atom is -0.399 e. The summed E-state index contributed by atoms with van der Waals surface area (Å²) in [4.78, 5) is 4.81. The summed E-state index contributed by atoms with van der Waals surface area (Å²) in [5.74, 6) is 1.99. The van der Waals surface area contributed by atoms with Crippen LogP contribution >= 0.6 is 0 Å². The number of nitrogens with two attached hydrogens (primary N) is 1. The first-order chi connectivity index (χ1) is 10.0. The summed E-state index contributed by atoms with van der Waals surface area (Å²) in [6.07, 6.45) is 5.94. The van der Waals surface area contributed by atoms with E-state index in [1.165, 1.54) is 30.6 Å². The van der Waals surface area contributed by atoms with Crippen molar-refractivity contribution in [1.82, 2.24) is 9.55 Å². The van der Waals surface area contributed by atoms with Crippen LogP contribution in [-0.2, 0) is 6.42 Å². The van der Waals surface area contributed by atoms with Crippen LogP contribution in [0.3, 0.4) is 0 Å². The maximum absolute atomic E-state index is 5.90. The number of fused-ring (bicyclic) bond motifs is 1. The lowest BCUT2D eigenvalue weighted by Crippen LogP contribution is -2.10. The van der Waals surface area contributed by atoms with Gasteiger partial charge >= 0.3 is 0 Å². The number of anilines is 1. The number of nitrogen functional groups attached to an aromatic ring is 1. The van der Waals surface area contributed by atoms with Crippen molar-refractivity contribution in [2.75, 3.05) is 5.73 Å². The van der Waals surface area contributed by atoms with Crippen LogP contribution < -0.4 is 5.73 Å². The van der Waals surface area contributed by atoms with Gasteiger partial charge in [0.25, 0.3) is 0 Å². The fourth-order valence-corrected chi connectivity index (χ4v) is 3.01. The first-order valence-corrected chi connectivity index (χ1v) is 8.29. The van der Waals surface area contributed by atoms with Crippen molar-refractivity contribution in [3.63, 3.8) is 0 Å². The summed E-state index contributed by atoms with van der Waals surface area (Å²) in [6.45, 7) is 9.11. The number of aryl methyl sites for hydroxylation is 1. The molecule has 0 saturated heterocycles. The number of benzene rings is 1. The summed E-state index contributed by atoms with van der Waals surface area (Å²) in [5, 5.41) is 0. The molecule has 0 bridgehead atoms. The van der Waals surface area contributed by atoms with Gasteiger partial charge in [-0.05, 0) is 43.9 Å². The number of nitrogens with zero attached hydrogens (tertiary/aromatic N) is 2. The second kappa shape index (κ2) is 6.97. The average molecular weight is 287 g/mol. The third kappa shape index (κ3) is 3.78. The van der Waals surface area contributed by atoms with Gasteiger partial charge in [0.2, 0.25) is 0 Å². The summed E-state index contributed by atoms with van der Waals surface area (Å²) in [7, 11) is 0. The standard InChI is InChI=1S/C18H29N3/c1-5-7-18-20-16-12-15(19)10-11-17(16)21(18)14(4)9-6-8-13(2)3/h10-14H,5-9,19H2,1-4H3. The molecular weight excluding hydrogens is 258 g/mol. The van der Waals surface area contributed by atoms with E-state index in [1.807, 2.05) is 12.1 Å². The first-order valence-electron chi connectivity index (χ1n) is 8.29. The molecule has 1 heterocycles. The predicted molar refractivity (Wildman–Crippen MR) is 91.5 cm³/mol. The Morgan fingerprint density at radius 1 is 1.19 bits per heavy atom. The van der Waals surface area contributed by atoms with E-state index in [-0.39, 0.29) is 0 Å². The molecule has 0 aliphatic rings. The van der Waals surface area contributed by atoms with Crippen LogP contribution in [0.5, 0.6) is 0 Å². The van der Waals surface area contributed by atoms with Crippen LogP contribution in [0.25, 0.3) is 11.0 Å². The Hall–Kier alpha value is -1.51. The fraction of sp³-hybridized carbons (Fsp3) is 0.611. The van der Waals surface area contributed by atoms with Gasteiger partial charge in [0.05, 0.1) is 11.0 Å². The van der Waals surface area contributed by atoms with E-state index in [9.17, 15) is 0 Å². The van der Waals surface area contributed by atoms with E-state index in [0.29, 0.717) is 6.04 Å². The minimum absolute atomic E-state index is 0.499. The molecule has 0 saturated carbocycles. The smallest absolute Gasteiger partial charge is 0.110 e. The third-order valence-electron chi connectivity index (χ3n) is 4.10. The van der Waals surface area contributed by atoms with Crippen LogP contribution in [0.4, 0.5) is 5.69 Å². The highest BCUT2D eigenvalue weighted by Crippen LogP contribution is 2.27. The lowest BCUT2D eigenvalue weighted by Gasteiger charge is -2.18. The van der Waals surface area contributed by atoms with Crippen molar-refractivity contribution >= 4 is 16.7 Å². The average Bonchev–Trinajstić information content (AvgIpc) is 2.75. The molecule has 21 heavy (non-hydrogen) atoms. The number of aromatic nitrogens is 2. The normalized spacial score (nSPS) is 13.2. The number of hydrogen-bond donors (Lipinski definition) is 1. The summed E-state index contributed by atoms with van der Waals surface area (Å²) in [6, 6.07) is 6.59. The highest BCUT2D eigenvalue weighted by atomic mass is 15.1. The quantitative estimate of drug-likeness (QED) is 0.731. The molecule has 116 valence electrons. The van der Waals surface area contributed by atoms with Crippen molar-refractivity contribution in [1.29, 1.82) is 0 Å². The van der Waals surface area contributed by atoms with Gasteiger partial charge in [-0.25, -0.2) is 4.98 Å². The molecule has 1 aromatic heterocycles. The lowest BCUT2D eigenvalue weighted by atomic mass is 10.0. The molecule has 0 radical (unpaired) electrons. The zero-order valence-corrected chi connectivity index (χ0v) is 13.9. The van der Waals surface area contributed by atoms with E-state index in [1.54, 1.807) is 0 Å². The van der Waals surface area contributed by atoms with Crippen molar-refractivity contribution in [3.05, 3.63) is 24.0 Å². The predicted octanol–water partition coefficient (Wildman–Crippen LogP) is 4.96. The van der Waals surface area contributed by atoms with Crippen LogP contribution in [-0.4, -0.2) is 9.55 Å². The monoisotopic (exact) mass is 287 g/mol. The van der Waals surface area contributed by atoms with E-state index >= 15 is 0 Å². The van der Waals surface area contributed by atoms with E-state index in [0.717, 1.165) is 30.0 Å². The molecule has 1 unspecified atom stereocenters.